The number of nitrogens with zero attached hydrogens (tertiary/aromatic N) is 2. The molecule has 0 aliphatic carbocycles. The topological polar surface area (TPSA) is 49.0 Å². The summed E-state index contributed by atoms with van der Waals surface area (Å²) >= 11 is 1.78. The number of imidazole rings is 1. The van der Waals surface area contributed by atoms with Crippen LogP contribution < -0.4 is 0 Å². The van der Waals surface area contributed by atoms with Gasteiger partial charge in [-0.2, -0.15) is 0 Å². The van der Waals surface area contributed by atoms with Gasteiger partial charge >= 0.3 is 0 Å². The fraction of sp³-hybridized carbons (Fsp3) is 0.500. The van der Waals surface area contributed by atoms with Gasteiger partial charge in [0.05, 0.1) is 12.1 Å². The van der Waals surface area contributed by atoms with Gasteiger partial charge in [0.25, 0.3) is 5.91 Å². The van der Waals surface area contributed by atoms with E-state index in [1.54, 1.807) is 18.0 Å². The second-order valence-corrected chi connectivity index (χ2v) is 4.06. The zero-order chi connectivity index (χ0) is 9.26. The molecule has 1 aliphatic rings. The maximum atomic E-state index is 11.7. The molecule has 1 aliphatic heterocycles. The first-order valence-electron chi connectivity index (χ1n) is 4.16. The van der Waals surface area contributed by atoms with Gasteiger partial charge in [0.1, 0.15) is 11.5 Å². The molecule has 1 aromatic heterocycles. The summed E-state index contributed by atoms with van der Waals surface area (Å²) in [6.45, 7) is 2.69. The summed E-state index contributed by atoms with van der Waals surface area (Å²) in [6, 6.07) is 0. The van der Waals surface area contributed by atoms with E-state index >= 15 is 0 Å². The average Bonchev–Trinajstić information content (AvgIpc) is 2.72. The number of thioether (sulfide) groups is 1. The van der Waals surface area contributed by atoms with Crippen LogP contribution in [-0.4, -0.2) is 38.9 Å². The lowest BCUT2D eigenvalue weighted by Gasteiger charge is -2.12. The lowest BCUT2D eigenvalue weighted by molar-refractivity contribution is 0.0797. The average molecular weight is 197 g/mol. The summed E-state index contributed by atoms with van der Waals surface area (Å²) in [5.41, 5.74) is 0.597. The van der Waals surface area contributed by atoms with Gasteiger partial charge in [-0.15, -0.1) is 11.8 Å². The molecular formula is C8H11N3OS. The number of aromatic nitrogens is 2. The highest BCUT2D eigenvalue weighted by Gasteiger charge is 2.20. The number of amides is 1. The van der Waals surface area contributed by atoms with Crippen molar-refractivity contribution in [2.24, 2.45) is 0 Å². The Morgan fingerprint density at radius 1 is 1.77 bits per heavy atom. The molecule has 1 N–H and O–H groups in total. The van der Waals surface area contributed by atoms with Crippen LogP contribution in [0.4, 0.5) is 0 Å². The van der Waals surface area contributed by atoms with E-state index in [1.807, 2.05) is 11.8 Å². The van der Waals surface area contributed by atoms with E-state index in [0.29, 0.717) is 5.69 Å². The molecule has 0 atom stereocenters. The molecule has 5 heteroatoms. The SMILES string of the molecule is Cc1ncc(C(=O)N2CCSC2)[nH]1. The summed E-state index contributed by atoms with van der Waals surface area (Å²) in [7, 11) is 0. The molecule has 0 bridgehead atoms. The third-order valence-corrected chi connectivity index (χ3v) is 2.94. The Morgan fingerprint density at radius 2 is 2.62 bits per heavy atom. The highest BCUT2D eigenvalue weighted by atomic mass is 32.2. The number of aryl methyl sites for hydroxylation is 1. The number of carbonyl (C=O) groups is 1. The number of nitrogens with one attached hydrogen (secondary N) is 1. The van der Waals surface area contributed by atoms with Crippen LogP contribution in [0.25, 0.3) is 0 Å². The normalized spacial score (nSPS) is 16.5. The van der Waals surface area contributed by atoms with Crippen molar-refractivity contribution in [2.75, 3.05) is 18.2 Å². The molecule has 1 saturated heterocycles. The minimum atomic E-state index is 0.0607. The number of carbonyl (C=O) groups excluding carboxylic acids is 1. The smallest absolute Gasteiger partial charge is 0.272 e. The first-order valence-corrected chi connectivity index (χ1v) is 5.31. The third kappa shape index (κ3) is 1.70. The fourth-order valence-corrected chi connectivity index (χ4v) is 2.22. The van der Waals surface area contributed by atoms with E-state index in [-0.39, 0.29) is 5.91 Å². The van der Waals surface area contributed by atoms with Gasteiger partial charge in [0, 0.05) is 12.3 Å². The van der Waals surface area contributed by atoms with E-state index < -0.39 is 0 Å². The van der Waals surface area contributed by atoms with Crippen LogP contribution in [0.3, 0.4) is 0 Å². The van der Waals surface area contributed by atoms with Gasteiger partial charge < -0.3 is 9.88 Å². The molecule has 0 spiro atoms. The maximum Gasteiger partial charge on any atom is 0.272 e. The van der Waals surface area contributed by atoms with E-state index in [0.717, 1.165) is 24.0 Å². The van der Waals surface area contributed by atoms with Crippen molar-refractivity contribution in [3.63, 3.8) is 0 Å². The Bertz CT molecular complexity index is 317. The Hall–Kier alpha value is -0.970. The summed E-state index contributed by atoms with van der Waals surface area (Å²) in [5, 5.41) is 0. The molecule has 0 aromatic carbocycles. The number of hydrogen-bond acceptors (Lipinski definition) is 3. The van der Waals surface area contributed by atoms with Crippen LogP contribution in [0.2, 0.25) is 0 Å². The molecule has 1 aromatic rings. The number of H-pyrrole nitrogens is 1. The molecule has 0 radical (unpaired) electrons. The van der Waals surface area contributed by atoms with Crippen molar-refractivity contribution in [1.29, 1.82) is 0 Å². The van der Waals surface area contributed by atoms with E-state index in [1.165, 1.54) is 0 Å². The zero-order valence-electron chi connectivity index (χ0n) is 7.41. The molecule has 13 heavy (non-hydrogen) atoms. The van der Waals surface area contributed by atoms with Crippen LogP contribution >= 0.6 is 11.8 Å². The van der Waals surface area contributed by atoms with E-state index in [2.05, 4.69) is 9.97 Å². The minimum absolute atomic E-state index is 0.0607. The second kappa shape index (κ2) is 3.41. The van der Waals surface area contributed by atoms with Gasteiger partial charge in [0.15, 0.2) is 0 Å². The van der Waals surface area contributed by atoms with Crippen molar-refractivity contribution < 1.29 is 4.79 Å². The lowest BCUT2D eigenvalue weighted by Crippen LogP contribution is -2.28. The molecule has 4 nitrogen and oxygen atoms in total. The molecular weight excluding hydrogens is 186 g/mol. The molecule has 70 valence electrons. The Kier molecular flexibility index (Phi) is 2.26. The fourth-order valence-electron chi connectivity index (χ4n) is 1.27. The quantitative estimate of drug-likeness (QED) is 0.726. The largest absolute Gasteiger partial charge is 0.338 e. The van der Waals surface area contributed by atoms with Crippen LogP contribution in [0, 0.1) is 6.92 Å². The van der Waals surface area contributed by atoms with Gasteiger partial charge in [-0.25, -0.2) is 4.98 Å². The highest BCUT2D eigenvalue weighted by molar-refractivity contribution is 7.99. The maximum absolute atomic E-state index is 11.7. The predicted molar refractivity (Wildman–Crippen MR) is 51.7 cm³/mol. The zero-order valence-corrected chi connectivity index (χ0v) is 8.23. The van der Waals surface area contributed by atoms with Gasteiger partial charge in [-0.1, -0.05) is 0 Å². The molecule has 1 fully saturated rings. The summed E-state index contributed by atoms with van der Waals surface area (Å²) in [4.78, 5) is 20.5. The number of hydrogen-bond donors (Lipinski definition) is 1. The van der Waals surface area contributed by atoms with Gasteiger partial charge in [-0.05, 0) is 6.92 Å². The Morgan fingerprint density at radius 3 is 3.15 bits per heavy atom. The van der Waals surface area contributed by atoms with Gasteiger partial charge in [-0.3, -0.25) is 4.79 Å². The third-order valence-electron chi connectivity index (χ3n) is 1.97. The standard InChI is InChI=1S/C8H11N3OS/c1-6-9-4-7(10-6)8(12)11-2-3-13-5-11/h4H,2-3,5H2,1H3,(H,9,10). The summed E-state index contributed by atoms with van der Waals surface area (Å²) < 4.78 is 0. The van der Waals surface area contributed by atoms with Gasteiger partial charge in [0.2, 0.25) is 0 Å². The molecule has 2 heterocycles. The first kappa shape index (κ1) is 8.62. The summed E-state index contributed by atoms with van der Waals surface area (Å²) in [6.07, 6.45) is 1.60. The summed E-state index contributed by atoms with van der Waals surface area (Å²) in [5.74, 6) is 2.69. The van der Waals surface area contributed by atoms with Crippen molar-refractivity contribution in [3.8, 4) is 0 Å². The van der Waals surface area contributed by atoms with Crippen LogP contribution in [0.5, 0.6) is 0 Å². The second-order valence-electron chi connectivity index (χ2n) is 2.99. The van der Waals surface area contributed by atoms with Crippen molar-refractivity contribution in [1.82, 2.24) is 14.9 Å². The molecule has 0 unspecified atom stereocenters. The number of rotatable bonds is 1. The van der Waals surface area contributed by atoms with Crippen LogP contribution in [0.1, 0.15) is 16.3 Å². The van der Waals surface area contributed by atoms with Crippen molar-refractivity contribution in [2.45, 2.75) is 6.92 Å². The lowest BCUT2D eigenvalue weighted by atomic mass is 10.4. The molecule has 0 saturated carbocycles. The molecule has 1 amide bonds. The van der Waals surface area contributed by atoms with Crippen molar-refractivity contribution in [3.05, 3.63) is 17.7 Å². The Balaban J connectivity index is 2.12. The van der Waals surface area contributed by atoms with E-state index in [9.17, 15) is 4.79 Å². The monoisotopic (exact) mass is 197 g/mol. The van der Waals surface area contributed by atoms with E-state index in [4.69, 9.17) is 0 Å². The van der Waals surface area contributed by atoms with Crippen LogP contribution in [-0.2, 0) is 0 Å². The minimum Gasteiger partial charge on any atom is -0.338 e. The number of aromatic amines is 1. The van der Waals surface area contributed by atoms with Crippen LogP contribution in [0.15, 0.2) is 6.20 Å². The molecule has 2 rings (SSSR count). The van der Waals surface area contributed by atoms with Crippen molar-refractivity contribution >= 4 is 17.7 Å². The highest BCUT2D eigenvalue weighted by Crippen LogP contribution is 2.15. The predicted octanol–water partition coefficient (Wildman–Crippen LogP) is 0.865. The Labute approximate surface area is 80.7 Å². The first-order chi connectivity index (χ1) is 6.27.